The third kappa shape index (κ3) is 1.93. The van der Waals surface area contributed by atoms with E-state index in [1.807, 2.05) is 0 Å². The molecule has 0 fully saturated rings. The fraction of sp³-hybridized carbons (Fsp3) is 0.222. The number of nitro groups is 1. The van der Waals surface area contributed by atoms with E-state index in [0.717, 1.165) is 6.07 Å². The first-order valence-corrected chi connectivity index (χ1v) is 4.51. The molecule has 2 aromatic rings. The number of nitro benzene ring substituents is 1. The lowest BCUT2D eigenvalue weighted by molar-refractivity contribution is -0.383. The fourth-order valence-corrected chi connectivity index (χ4v) is 1.53. The van der Waals surface area contributed by atoms with Crippen LogP contribution in [0.1, 0.15) is 11.4 Å². The summed E-state index contributed by atoms with van der Waals surface area (Å²) >= 11 is 0. The van der Waals surface area contributed by atoms with Gasteiger partial charge in [0.25, 0.3) is 5.69 Å². The van der Waals surface area contributed by atoms with Crippen LogP contribution >= 0.6 is 0 Å². The van der Waals surface area contributed by atoms with Gasteiger partial charge >= 0.3 is 6.18 Å². The molecule has 0 unspecified atom stereocenters. The Hall–Kier alpha value is -2.12. The number of alkyl halides is 3. The number of nitrogens with one attached hydrogen (secondary N) is 1. The molecule has 1 heterocycles. The monoisotopic (exact) mass is 245 g/mol. The van der Waals surface area contributed by atoms with Crippen molar-refractivity contribution in [2.24, 2.45) is 0 Å². The first-order valence-electron chi connectivity index (χ1n) is 4.51. The molecule has 0 aliphatic heterocycles. The van der Waals surface area contributed by atoms with Gasteiger partial charge in [0, 0.05) is 6.07 Å². The minimum absolute atomic E-state index is 0.00373. The molecule has 0 atom stereocenters. The summed E-state index contributed by atoms with van der Waals surface area (Å²) in [5.74, 6) is 0.322. The van der Waals surface area contributed by atoms with Gasteiger partial charge in [0.05, 0.1) is 16.0 Å². The minimum Gasteiger partial charge on any atom is -0.342 e. The zero-order valence-corrected chi connectivity index (χ0v) is 8.50. The Kier molecular flexibility index (Phi) is 2.30. The number of benzene rings is 1. The number of aromatic amines is 1. The first kappa shape index (κ1) is 11.4. The topological polar surface area (TPSA) is 71.8 Å². The van der Waals surface area contributed by atoms with Crippen molar-refractivity contribution < 1.29 is 18.1 Å². The molecular formula is C9H6F3N3O2. The van der Waals surface area contributed by atoms with E-state index in [2.05, 4.69) is 9.97 Å². The first-order chi connectivity index (χ1) is 7.79. The van der Waals surface area contributed by atoms with Crippen LogP contribution in [0.25, 0.3) is 11.0 Å². The van der Waals surface area contributed by atoms with Gasteiger partial charge < -0.3 is 4.98 Å². The minimum atomic E-state index is -4.63. The number of non-ortho nitro benzene ring substituents is 1. The highest BCUT2D eigenvalue weighted by molar-refractivity contribution is 5.85. The van der Waals surface area contributed by atoms with Crippen molar-refractivity contribution >= 4 is 16.7 Å². The number of nitrogens with zero attached hydrogens (tertiary/aromatic N) is 2. The second kappa shape index (κ2) is 3.44. The number of imidazole rings is 1. The number of H-pyrrole nitrogens is 1. The molecule has 90 valence electrons. The van der Waals surface area contributed by atoms with Gasteiger partial charge in [-0.25, -0.2) is 4.98 Å². The third-order valence-electron chi connectivity index (χ3n) is 2.21. The van der Waals surface area contributed by atoms with Crippen LogP contribution < -0.4 is 0 Å². The second-order valence-electron chi connectivity index (χ2n) is 3.47. The van der Waals surface area contributed by atoms with Gasteiger partial charge in [-0.3, -0.25) is 10.1 Å². The van der Waals surface area contributed by atoms with Crippen LogP contribution in [0.3, 0.4) is 0 Å². The van der Waals surface area contributed by atoms with Crippen LogP contribution in [0.5, 0.6) is 0 Å². The van der Waals surface area contributed by atoms with E-state index in [1.165, 1.54) is 6.92 Å². The standard InChI is InChI=1S/C9H6F3N3O2/c1-4-13-6-2-5(9(10,11)12)3-7(15(16)17)8(6)14-4/h2-3H,1H3,(H,13,14). The highest BCUT2D eigenvalue weighted by Crippen LogP contribution is 2.35. The average Bonchev–Trinajstić information content (AvgIpc) is 2.54. The summed E-state index contributed by atoms with van der Waals surface area (Å²) in [5.41, 5.74) is -1.79. The number of halogens is 3. The van der Waals surface area contributed by atoms with Crippen LogP contribution in [-0.4, -0.2) is 14.9 Å². The van der Waals surface area contributed by atoms with E-state index in [4.69, 9.17) is 0 Å². The Morgan fingerprint density at radius 2 is 2.06 bits per heavy atom. The van der Waals surface area contributed by atoms with E-state index < -0.39 is 22.4 Å². The molecule has 0 aliphatic rings. The molecule has 1 aromatic heterocycles. The number of hydrogen-bond donors (Lipinski definition) is 1. The largest absolute Gasteiger partial charge is 0.416 e. The maximum atomic E-state index is 12.5. The van der Waals surface area contributed by atoms with Crippen molar-refractivity contribution in [3.63, 3.8) is 0 Å². The van der Waals surface area contributed by atoms with Crippen molar-refractivity contribution in [2.45, 2.75) is 13.1 Å². The second-order valence-corrected chi connectivity index (χ2v) is 3.47. The molecule has 0 bridgehead atoms. The van der Waals surface area contributed by atoms with E-state index in [-0.39, 0.29) is 11.0 Å². The highest BCUT2D eigenvalue weighted by Gasteiger charge is 2.33. The number of aryl methyl sites for hydroxylation is 1. The summed E-state index contributed by atoms with van der Waals surface area (Å²) in [5, 5.41) is 10.7. The van der Waals surface area contributed by atoms with Gasteiger partial charge in [-0.15, -0.1) is 0 Å². The summed E-state index contributed by atoms with van der Waals surface area (Å²) < 4.78 is 37.5. The molecule has 1 N–H and O–H groups in total. The number of hydrogen-bond acceptors (Lipinski definition) is 3. The smallest absolute Gasteiger partial charge is 0.342 e. The van der Waals surface area contributed by atoms with Crippen molar-refractivity contribution in [2.75, 3.05) is 0 Å². The summed E-state index contributed by atoms with van der Waals surface area (Å²) in [7, 11) is 0. The third-order valence-corrected chi connectivity index (χ3v) is 2.21. The van der Waals surface area contributed by atoms with Gasteiger partial charge in [0.2, 0.25) is 0 Å². The summed E-state index contributed by atoms with van der Waals surface area (Å²) in [6.45, 7) is 1.51. The number of fused-ring (bicyclic) bond motifs is 1. The number of aromatic nitrogens is 2. The lowest BCUT2D eigenvalue weighted by Crippen LogP contribution is -2.05. The van der Waals surface area contributed by atoms with E-state index in [9.17, 15) is 23.3 Å². The van der Waals surface area contributed by atoms with Gasteiger partial charge in [-0.1, -0.05) is 0 Å². The van der Waals surface area contributed by atoms with Crippen molar-refractivity contribution in [1.29, 1.82) is 0 Å². The van der Waals surface area contributed by atoms with Crippen LogP contribution in [0.2, 0.25) is 0 Å². The zero-order valence-electron chi connectivity index (χ0n) is 8.50. The highest BCUT2D eigenvalue weighted by atomic mass is 19.4. The van der Waals surface area contributed by atoms with E-state index >= 15 is 0 Å². The molecule has 0 amide bonds. The lowest BCUT2D eigenvalue weighted by Gasteiger charge is -2.05. The van der Waals surface area contributed by atoms with Crippen LogP contribution in [0.4, 0.5) is 18.9 Å². The van der Waals surface area contributed by atoms with Crippen LogP contribution in [0, 0.1) is 17.0 Å². The summed E-state index contributed by atoms with van der Waals surface area (Å²) in [6, 6.07) is 1.30. The summed E-state index contributed by atoms with van der Waals surface area (Å²) in [6.07, 6.45) is -4.63. The molecule has 0 radical (unpaired) electrons. The molecule has 2 rings (SSSR count). The SMILES string of the molecule is Cc1nc2c([N+](=O)[O-])cc(C(F)(F)F)cc2[nH]1. The molecule has 17 heavy (non-hydrogen) atoms. The van der Waals surface area contributed by atoms with Crippen molar-refractivity contribution in [1.82, 2.24) is 9.97 Å². The molecule has 0 saturated carbocycles. The van der Waals surface area contributed by atoms with Gasteiger partial charge in [0.1, 0.15) is 5.82 Å². The fourth-order valence-electron chi connectivity index (χ4n) is 1.53. The maximum absolute atomic E-state index is 12.5. The molecule has 0 spiro atoms. The predicted octanol–water partition coefficient (Wildman–Crippen LogP) is 2.80. The van der Waals surface area contributed by atoms with Crippen LogP contribution in [0.15, 0.2) is 12.1 Å². The quantitative estimate of drug-likeness (QED) is 0.620. The molecule has 8 heteroatoms. The van der Waals surface area contributed by atoms with Crippen molar-refractivity contribution in [3.8, 4) is 0 Å². The van der Waals surface area contributed by atoms with Gasteiger partial charge in [-0.05, 0) is 13.0 Å². The lowest BCUT2D eigenvalue weighted by atomic mass is 10.1. The zero-order chi connectivity index (χ0) is 12.8. The van der Waals surface area contributed by atoms with E-state index in [0.29, 0.717) is 11.9 Å². The Bertz CT molecular complexity index is 603. The average molecular weight is 245 g/mol. The Labute approximate surface area is 92.4 Å². The van der Waals surface area contributed by atoms with Gasteiger partial charge in [0.15, 0.2) is 5.52 Å². The maximum Gasteiger partial charge on any atom is 0.416 e. The molecular weight excluding hydrogens is 239 g/mol. The molecule has 0 aliphatic carbocycles. The summed E-state index contributed by atoms with van der Waals surface area (Å²) in [4.78, 5) is 16.2. The van der Waals surface area contributed by atoms with Crippen molar-refractivity contribution in [3.05, 3.63) is 33.6 Å². The predicted molar refractivity (Wildman–Crippen MR) is 52.5 cm³/mol. The Morgan fingerprint density at radius 1 is 1.41 bits per heavy atom. The molecule has 1 aromatic carbocycles. The molecule has 5 nitrogen and oxygen atoms in total. The normalized spacial score (nSPS) is 12.0. The Morgan fingerprint density at radius 3 is 2.59 bits per heavy atom. The van der Waals surface area contributed by atoms with Crippen LogP contribution in [-0.2, 0) is 6.18 Å². The molecule has 0 saturated heterocycles. The van der Waals surface area contributed by atoms with E-state index in [1.54, 1.807) is 0 Å². The Balaban J connectivity index is 2.80. The number of rotatable bonds is 1. The van der Waals surface area contributed by atoms with Gasteiger partial charge in [-0.2, -0.15) is 13.2 Å².